The number of rotatable bonds is 7. The van der Waals surface area contributed by atoms with Crippen molar-refractivity contribution in [3.05, 3.63) is 40.2 Å². The van der Waals surface area contributed by atoms with Crippen LogP contribution in [0.15, 0.2) is 23.8 Å². The van der Waals surface area contributed by atoms with E-state index < -0.39 is 31.1 Å². The Labute approximate surface area is 157 Å². The van der Waals surface area contributed by atoms with Crippen molar-refractivity contribution < 1.29 is 23.7 Å². The lowest BCUT2D eigenvalue weighted by atomic mass is 9.87. The zero-order valence-corrected chi connectivity index (χ0v) is 16.1. The van der Waals surface area contributed by atoms with Gasteiger partial charge < -0.3 is 15.7 Å². The van der Waals surface area contributed by atoms with Crippen LogP contribution in [0.2, 0.25) is 5.02 Å². The predicted octanol–water partition coefficient (Wildman–Crippen LogP) is 4.47. The summed E-state index contributed by atoms with van der Waals surface area (Å²) in [4.78, 5) is 21.8. The molecule has 0 heterocycles. The van der Waals surface area contributed by atoms with E-state index in [0.717, 1.165) is 31.7 Å². The molecule has 1 aromatic rings. The molecule has 0 aromatic heterocycles. The van der Waals surface area contributed by atoms with Gasteiger partial charge in [0.15, 0.2) is 0 Å². The number of nitrogens with two attached hydrogens (primary N) is 1. The second-order valence-electron chi connectivity index (χ2n) is 6.87. The summed E-state index contributed by atoms with van der Waals surface area (Å²) in [5.74, 6) is -2.58. The Morgan fingerprint density at radius 3 is 2.62 bits per heavy atom. The summed E-state index contributed by atoms with van der Waals surface area (Å²) in [6.45, 7) is 0. The number of benzene rings is 1. The summed E-state index contributed by atoms with van der Waals surface area (Å²) in [7, 11) is -3.90. The topological polar surface area (TPSA) is 101 Å². The largest absolute Gasteiger partial charge is 0.478 e. The predicted molar refractivity (Wildman–Crippen MR) is 101 cm³/mol. The molecule has 0 spiro atoms. The van der Waals surface area contributed by atoms with E-state index in [2.05, 4.69) is 0 Å². The lowest BCUT2D eigenvalue weighted by molar-refractivity contribution is -0.132. The van der Waals surface area contributed by atoms with E-state index in [1.807, 2.05) is 0 Å². The highest BCUT2D eigenvalue weighted by Crippen LogP contribution is 2.49. The van der Waals surface area contributed by atoms with Crippen LogP contribution in [0.3, 0.4) is 0 Å². The van der Waals surface area contributed by atoms with Crippen molar-refractivity contribution in [3.63, 3.8) is 0 Å². The molecule has 0 bridgehead atoms. The van der Waals surface area contributed by atoms with E-state index in [4.69, 9.17) is 17.3 Å². The maximum absolute atomic E-state index is 13.2. The molecule has 0 amide bonds. The fourth-order valence-corrected chi connectivity index (χ4v) is 5.03. The molecule has 4 N–H and O–H groups in total. The van der Waals surface area contributed by atoms with Gasteiger partial charge in [0.05, 0.1) is 17.0 Å². The van der Waals surface area contributed by atoms with Gasteiger partial charge in [-0.3, -0.25) is 4.57 Å². The maximum atomic E-state index is 13.2. The van der Waals surface area contributed by atoms with Gasteiger partial charge in [0.2, 0.25) is 7.37 Å². The zero-order valence-electron chi connectivity index (χ0n) is 14.4. The third-order valence-electron chi connectivity index (χ3n) is 4.77. The first-order chi connectivity index (χ1) is 12.2. The molecule has 26 heavy (non-hydrogen) atoms. The Bertz CT molecular complexity index is 734. The first kappa shape index (κ1) is 21.1. The normalized spacial score (nSPS) is 19.8. The highest BCUT2D eigenvalue weighted by molar-refractivity contribution is 7.59. The van der Waals surface area contributed by atoms with Crippen LogP contribution in [-0.4, -0.2) is 27.9 Å². The number of aliphatic carboxylic acids is 1. The Kier molecular flexibility index (Phi) is 7.42. The fourth-order valence-electron chi connectivity index (χ4n) is 3.27. The van der Waals surface area contributed by atoms with Crippen molar-refractivity contribution in [1.82, 2.24) is 0 Å². The van der Waals surface area contributed by atoms with Gasteiger partial charge in [-0.05, 0) is 36.1 Å². The molecular formula is C18H24ClFNO4P. The average Bonchev–Trinajstić information content (AvgIpc) is 2.58. The molecule has 5 nitrogen and oxygen atoms in total. The van der Waals surface area contributed by atoms with E-state index in [9.17, 15) is 23.7 Å². The van der Waals surface area contributed by atoms with Gasteiger partial charge >= 0.3 is 5.97 Å². The Morgan fingerprint density at radius 1 is 1.38 bits per heavy atom. The van der Waals surface area contributed by atoms with E-state index in [1.54, 1.807) is 0 Å². The Balaban J connectivity index is 2.13. The number of carbonyl (C=O) groups is 1. The van der Waals surface area contributed by atoms with Gasteiger partial charge in [-0.1, -0.05) is 49.8 Å². The zero-order chi connectivity index (χ0) is 19.3. The molecule has 144 valence electrons. The van der Waals surface area contributed by atoms with Gasteiger partial charge in [-0.15, -0.1) is 0 Å². The van der Waals surface area contributed by atoms with Crippen LogP contribution in [0, 0.1) is 11.7 Å². The summed E-state index contributed by atoms with van der Waals surface area (Å²) < 4.78 is 25.9. The number of carboxylic acid groups (broad SMARTS) is 1. The molecule has 8 heteroatoms. The highest BCUT2D eigenvalue weighted by atomic mass is 35.5. The van der Waals surface area contributed by atoms with Crippen LogP contribution in [0.5, 0.6) is 0 Å². The second-order valence-corrected chi connectivity index (χ2v) is 9.77. The van der Waals surface area contributed by atoms with Crippen LogP contribution in [0.1, 0.15) is 44.1 Å². The molecule has 1 aliphatic carbocycles. The van der Waals surface area contributed by atoms with Gasteiger partial charge in [0.25, 0.3) is 0 Å². The van der Waals surface area contributed by atoms with Crippen LogP contribution in [0.25, 0.3) is 6.08 Å². The van der Waals surface area contributed by atoms with Gasteiger partial charge in [-0.25, -0.2) is 9.18 Å². The summed E-state index contributed by atoms with van der Waals surface area (Å²) in [6, 6.07) is 3.74. The van der Waals surface area contributed by atoms with E-state index in [1.165, 1.54) is 24.6 Å². The lowest BCUT2D eigenvalue weighted by Crippen LogP contribution is -2.27. The smallest absolute Gasteiger partial charge is 0.332 e. The number of hydrogen-bond donors (Lipinski definition) is 3. The van der Waals surface area contributed by atoms with Crippen LogP contribution >= 0.6 is 19.0 Å². The van der Waals surface area contributed by atoms with Crippen molar-refractivity contribution >= 4 is 31.0 Å². The molecule has 0 radical (unpaired) electrons. The number of carboxylic acids is 1. The van der Waals surface area contributed by atoms with Crippen LogP contribution in [0.4, 0.5) is 4.39 Å². The van der Waals surface area contributed by atoms with E-state index >= 15 is 0 Å². The van der Waals surface area contributed by atoms with Crippen molar-refractivity contribution in [2.45, 2.75) is 44.3 Å². The molecule has 2 atom stereocenters. The molecule has 1 aliphatic rings. The second kappa shape index (κ2) is 9.14. The molecule has 0 saturated heterocycles. The summed E-state index contributed by atoms with van der Waals surface area (Å²) in [5.41, 5.74) is 6.05. The number of halogens is 2. The quantitative estimate of drug-likeness (QED) is 0.460. The SMILES string of the molecule is NC(CC1CCCCC1)P(=O)(O)C/C(=C\c1ccc(F)c(Cl)c1)C(=O)O. The minimum atomic E-state index is -3.90. The summed E-state index contributed by atoms with van der Waals surface area (Å²) in [6.07, 6.45) is 6.46. The minimum absolute atomic E-state index is 0.148. The first-order valence-electron chi connectivity index (χ1n) is 8.65. The van der Waals surface area contributed by atoms with Gasteiger partial charge in [0.1, 0.15) is 5.82 Å². The molecule has 2 unspecified atom stereocenters. The summed E-state index contributed by atoms with van der Waals surface area (Å²) in [5, 5.41) is 9.23. The van der Waals surface area contributed by atoms with Gasteiger partial charge in [0, 0.05) is 5.57 Å². The summed E-state index contributed by atoms with van der Waals surface area (Å²) >= 11 is 5.69. The molecule has 1 aromatic carbocycles. The Hall–Kier alpha value is -1.20. The van der Waals surface area contributed by atoms with Crippen molar-refractivity contribution in [1.29, 1.82) is 0 Å². The molecular weight excluding hydrogens is 380 g/mol. The average molecular weight is 404 g/mol. The molecule has 1 fully saturated rings. The van der Waals surface area contributed by atoms with Crippen molar-refractivity contribution in [2.75, 3.05) is 6.16 Å². The van der Waals surface area contributed by atoms with E-state index in [-0.39, 0.29) is 10.6 Å². The third-order valence-corrected chi connectivity index (χ3v) is 7.10. The fraction of sp³-hybridized carbons (Fsp3) is 0.500. The third kappa shape index (κ3) is 5.92. The molecule has 1 saturated carbocycles. The number of hydrogen-bond acceptors (Lipinski definition) is 3. The van der Waals surface area contributed by atoms with Gasteiger partial charge in [-0.2, -0.15) is 0 Å². The first-order valence-corrected chi connectivity index (χ1v) is 10.9. The van der Waals surface area contributed by atoms with Crippen molar-refractivity contribution in [2.24, 2.45) is 11.7 Å². The Morgan fingerprint density at radius 2 is 2.04 bits per heavy atom. The van der Waals surface area contributed by atoms with Crippen molar-refractivity contribution in [3.8, 4) is 0 Å². The van der Waals surface area contributed by atoms with E-state index in [0.29, 0.717) is 17.9 Å². The standard InChI is InChI=1S/C18H24ClFNO4P/c19-15-9-13(6-7-16(15)20)8-14(18(22)23)11-26(24,25)17(21)10-12-4-2-1-3-5-12/h6-9,12,17H,1-5,10-11,21H2,(H,22,23)(H,24,25)/b14-8+. The maximum Gasteiger partial charge on any atom is 0.332 e. The minimum Gasteiger partial charge on any atom is -0.478 e. The monoisotopic (exact) mass is 403 g/mol. The molecule has 2 rings (SSSR count). The van der Waals surface area contributed by atoms with Crippen LogP contribution in [-0.2, 0) is 9.36 Å². The molecule has 0 aliphatic heterocycles. The lowest BCUT2D eigenvalue weighted by Gasteiger charge is -2.27. The highest BCUT2D eigenvalue weighted by Gasteiger charge is 2.33. The van der Waals surface area contributed by atoms with Crippen LogP contribution < -0.4 is 5.73 Å².